The van der Waals surface area contributed by atoms with E-state index in [2.05, 4.69) is 42.9 Å². The molecule has 362 valence electrons. The van der Waals surface area contributed by atoms with Gasteiger partial charge in [-0.1, -0.05) is 19.1 Å². The standard InChI is InChI=1S/C46H48N8O6S.2O3S/c1-7-18-59-44-11-8-10-34-26-36(16-17-37(34)44)48-46(55)33-12-14-35(15-13-33)49-50-42-27-45(60-19-9-20-61(56,57)58)43(25-32(42)6)54-53-41-24-30(4)40(23-31(41)5)52-51-39-22-28(2)38(47)21-29(39)3;2*1-4(2)3/h8,10-17,21-27H,7,9,18-20,47H2,1-6H3,(H,48,55)(H,56,57,58);;. The molecule has 0 aliphatic rings. The summed E-state index contributed by atoms with van der Waals surface area (Å²) in [5, 5.41) is 31.7. The number of amides is 1. The lowest BCUT2D eigenvalue weighted by molar-refractivity contribution is 0.102. The number of nitrogens with zero attached hydrogens (tertiary/aromatic N) is 6. The zero-order valence-electron chi connectivity index (χ0n) is 38.2. The summed E-state index contributed by atoms with van der Waals surface area (Å²) >= 11 is 0. The van der Waals surface area contributed by atoms with Crippen LogP contribution in [-0.4, -0.2) is 63.1 Å². The SMILES string of the molecule is CCCOc1cccc2cc(NC(=O)c3ccc(N=Nc4cc(OCCCS(=O)(=O)O)c(N=Nc5cc(C)c(N=Nc6cc(C)c(N)cc6C)cc5C)cc4C)cc3)ccc12.O=S(=O)=O.O=S(=O)=O. The zero-order valence-corrected chi connectivity index (χ0v) is 40.6. The second kappa shape index (κ2) is 25.5. The first kappa shape index (κ1) is 54.0. The van der Waals surface area contributed by atoms with Crippen molar-refractivity contribution in [1.82, 2.24) is 0 Å². The molecule has 0 unspecified atom stereocenters. The van der Waals surface area contributed by atoms with Gasteiger partial charge in [0.15, 0.2) is 0 Å². The first-order valence-corrected chi connectivity index (χ1v) is 24.3. The maximum Gasteiger partial charge on any atom is 0.425 e. The summed E-state index contributed by atoms with van der Waals surface area (Å²) in [5.41, 5.74) is 15.4. The Balaban J connectivity index is 0.00000120. The van der Waals surface area contributed by atoms with Crippen molar-refractivity contribution in [2.45, 2.75) is 54.4 Å². The maximum atomic E-state index is 13.1. The van der Waals surface area contributed by atoms with Crippen molar-refractivity contribution < 1.29 is 52.5 Å². The summed E-state index contributed by atoms with van der Waals surface area (Å²) in [7, 11) is -10.4. The summed E-state index contributed by atoms with van der Waals surface area (Å²) in [5.74, 6) is 0.359. The molecule has 0 fully saturated rings. The molecule has 0 bridgehead atoms. The molecule has 0 radical (unpaired) electrons. The number of nitrogens with two attached hydrogens (primary N) is 1. The second-order valence-corrected chi connectivity index (χ2v) is 17.5. The van der Waals surface area contributed by atoms with E-state index in [0.29, 0.717) is 52.0 Å². The van der Waals surface area contributed by atoms with E-state index >= 15 is 0 Å². The minimum absolute atomic E-state index is 0.0239. The summed E-state index contributed by atoms with van der Waals surface area (Å²) in [4.78, 5) is 13.1. The normalized spacial score (nSPS) is 11.2. The number of fused-ring (bicyclic) bond motifs is 1. The third-order valence-corrected chi connectivity index (χ3v) is 10.5. The Hall–Kier alpha value is -7.60. The van der Waals surface area contributed by atoms with Crippen LogP contribution in [-0.2, 0) is 31.3 Å². The van der Waals surface area contributed by atoms with E-state index in [9.17, 15) is 17.8 Å². The van der Waals surface area contributed by atoms with E-state index in [1.807, 2.05) is 95.3 Å². The minimum Gasteiger partial charge on any atom is -0.493 e. The minimum atomic E-state index is -4.17. The highest BCUT2D eigenvalue weighted by Crippen LogP contribution is 2.38. The fourth-order valence-corrected chi connectivity index (χ4v) is 6.68. The summed E-state index contributed by atoms with van der Waals surface area (Å²) < 4.78 is 94.4. The summed E-state index contributed by atoms with van der Waals surface area (Å²) in [6.45, 7) is 12.2. The van der Waals surface area contributed by atoms with E-state index in [1.165, 1.54) is 0 Å². The molecule has 0 saturated carbocycles. The highest BCUT2D eigenvalue weighted by molar-refractivity contribution is 7.85. The molecule has 0 aliphatic heterocycles. The Morgan fingerprint density at radius 2 is 1.10 bits per heavy atom. The largest absolute Gasteiger partial charge is 0.493 e. The molecule has 6 aromatic rings. The van der Waals surface area contributed by atoms with Crippen LogP contribution in [0.4, 0.5) is 45.5 Å². The monoisotopic (exact) mass is 1000 g/mol. The molecule has 0 atom stereocenters. The molecule has 0 saturated heterocycles. The van der Waals surface area contributed by atoms with Gasteiger partial charge < -0.3 is 20.5 Å². The van der Waals surface area contributed by atoms with Crippen LogP contribution in [0.1, 0.15) is 57.9 Å². The van der Waals surface area contributed by atoms with Crippen LogP contribution in [0.25, 0.3) is 10.8 Å². The number of benzene rings is 6. The van der Waals surface area contributed by atoms with Crippen LogP contribution in [0, 0.1) is 34.6 Å². The lowest BCUT2D eigenvalue weighted by Crippen LogP contribution is -2.11. The van der Waals surface area contributed by atoms with Gasteiger partial charge in [0, 0.05) is 28.4 Å². The van der Waals surface area contributed by atoms with Crippen LogP contribution in [0.5, 0.6) is 11.5 Å². The zero-order chi connectivity index (χ0) is 50.8. The Morgan fingerprint density at radius 3 is 1.67 bits per heavy atom. The number of rotatable bonds is 16. The van der Waals surface area contributed by atoms with Gasteiger partial charge in [0.25, 0.3) is 16.0 Å². The topological polar surface area (TPSA) is 305 Å². The Bertz CT molecular complexity index is 3240. The predicted molar refractivity (Wildman–Crippen MR) is 260 cm³/mol. The Labute approximate surface area is 401 Å². The number of ether oxygens (including phenoxy) is 2. The van der Waals surface area contributed by atoms with Gasteiger partial charge in [0.1, 0.15) is 17.2 Å². The fourth-order valence-electron chi connectivity index (χ4n) is 6.20. The third-order valence-electron chi connectivity index (χ3n) is 9.67. The van der Waals surface area contributed by atoms with Gasteiger partial charge in [-0.05, 0) is 160 Å². The first-order valence-electron chi connectivity index (χ1n) is 20.7. The number of azo groups is 3. The summed E-state index contributed by atoms with van der Waals surface area (Å²) in [6.07, 6.45) is 0.949. The van der Waals surface area contributed by atoms with Crippen LogP contribution in [0.3, 0.4) is 0 Å². The summed E-state index contributed by atoms with van der Waals surface area (Å²) in [6, 6.07) is 29.2. The molecule has 0 spiro atoms. The average Bonchev–Trinajstić information content (AvgIpc) is 3.27. The van der Waals surface area contributed by atoms with Crippen LogP contribution in [0.2, 0.25) is 0 Å². The van der Waals surface area contributed by atoms with Crippen LogP contribution >= 0.6 is 0 Å². The molecule has 23 heteroatoms. The molecule has 6 rings (SSSR count). The van der Waals surface area contributed by atoms with Crippen molar-refractivity contribution in [3.63, 3.8) is 0 Å². The van der Waals surface area contributed by atoms with Crippen molar-refractivity contribution in [1.29, 1.82) is 0 Å². The number of aryl methyl sites for hydroxylation is 5. The van der Waals surface area contributed by atoms with Gasteiger partial charge in [-0.2, -0.15) is 34.0 Å². The average molecular weight is 1000 g/mol. The number of carbonyl (C=O) groups excluding carboxylic acids is 1. The van der Waals surface area contributed by atoms with Gasteiger partial charge in [-0.15, -0.1) is 30.4 Å². The molecule has 1 amide bonds. The van der Waals surface area contributed by atoms with Crippen molar-refractivity contribution in [3.05, 3.63) is 130 Å². The van der Waals surface area contributed by atoms with Crippen LogP contribution in [0.15, 0.2) is 128 Å². The van der Waals surface area contributed by atoms with E-state index < -0.39 is 37.1 Å². The highest BCUT2D eigenvalue weighted by Gasteiger charge is 2.13. The van der Waals surface area contributed by atoms with Crippen molar-refractivity contribution in [2.75, 3.05) is 30.0 Å². The highest BCUT2D eigenvalue weighted by atomic mass is 32.2. The molecule has 0 aromatic heterocycles. The van der Waals surface area contributed by atoms with Crippen molar-refractivity contribution >= 4 is 93.5 Å². The molecular weight excluding hydrogens is 953 g/mol. The number of anilines is 2. The molecule has 20 nitrogen and oxygen atoms in total. The lowest BCUT2D eigenvalue weighted by Gasteiger charge is -2.11. The number of nitrogens with one attached hydrogen (secondary N) is 1. The molecule has 0 heterocycles. The Kier molecular flexibility index (Phi) is 20.0. The van der Waals surface area contributed by atoms with E-state index in [1.54, 1.807) is 36.4 Å². The van der Waals surface area contributed by atoms with E-state index in [4.69, 9.17) is 40.5 Å². The quantitative estimate of drug-likeness (QED) is 0.0352. The van der Waals surface area contributed by atoms with E-state index in [-0.39, 0.29) is 24.7 Å². The van der Waals surface area contributed by atoms with Crippen LogP contribution < -0.4 is 20.5 Å². The molecule has 6 aromatic carbocycles. The van der Waals surface area contributed by atoms with E-state index in [0.717, 1.165) is 56.4 Å². The first-order chi connectivity index (χ1) is 32.6. The second-order valence-electron chi connectivity index (χ2n) is 15.1. The van der Waals surface area contributed by atoms with Gasteiger partial charge in [0.2, 0.25) is 0 Å². The smallest absolute Gasteiger partial charge is 0.425 e. The number of hydrogen-bond acceptors (Lipinski definition) is 18. The van der Waals surface area contributed by atoms with Gasteiger partial charge >= 0.3 is 21.2 Å². The Morgan fingerprint density at radius 1 is 0.609 bits per heavy atom. The van der Waals surface area contributed by atoms with Gasteiger partial charge in [-0.25, -0.2) is 0 Å². The maximum absolute atomic E-state index is 13.1. The third kappa shape index (κ3) is 17.5. The molecular formula is C46H48N8O12S3. The number of hydrogen-bond donors (Lipinski definition) is 3. The van der Waals surface area contributed by atoms with Crippen molar-refractivity contribution in [3.8, 4) is 11.5 Å². The molecule has 4 N–H and O–H groups in total. The van der Waals surface area contributed by atoms with Gasteiger partial charge in [-0.3, -0.25) is 9.35 Å². The molecule has 69 heavy (non-hydrogen) atoms. The van der Waals surface area contributed by atoms with Crippen molar-refractivity contribution in [2.24, 2.45) is 30.7 Å². The number of carbonyl (C=O) groups is 1. The molecule has 0 aliphatic carbocycles. The lowest BCUT2D eigenvalue weighted by atomic mass is 10.1. The van der Waals surface area contributed by atoms with Gasteiger partial charge in [0.05, 0.1) is 47.4 Å². The predicted octanol–water partition coefficient (Wildman–Crippen LogP) is 10.9. The fraction of sp³-hybridized carbons (Fsp3) is 0.239. The number of nitrogen functional groups attached to an aromatic ring is 1.